The first-order valence-electron chi connectivity index (χ1n) is 0.928. The van der Waals surface area contributed by atoms with Gasteiger partial charge in [-0.05, 0) is 0 Å². The molecule has 0 aliphatic heterocycles. The van der Waals surface area contributed by atoms with Crippen LogP contribution in [0.4, 0.5) is 0 Å². The van der Waals surface area contributed by atoms with Gasteiger partial charge < -0.3 is 10.6 Å². The van der Waals surface area contributed by atoms with Gasteiger partial charge in [0.2, 0.25) is 0 Å². The Kier molecular flexibility index (Phi) is 24.9. The van der Waals surface area contributed by atoms with Gasteiger partial charge in [0.05, 0.1) is 0 Å². The van der Waals surface area contributed by atoms with E-state index in [9.17, 15) is 0 Å². The molecule has 0 radical (unpaired) electrons. The van der Waals surface area contributed by atoms with Gasteiger partial charge in [-0.2, -0.15) is 0 Å². The van der Waals surface area contributed by atoms with Gasteiger partial charge in [0.25, 0.3) is 5.97 Å². The molecular weight excluding hydrogens is 152 g/mol. The number of carboxylic acid groups (broad SMARTS) is 1. The Hall–Kier alpha value is -0.0900. The zero-order chi connectivity index (χ0) is 3.58. The molecule has 40 valence electrons. The molecule has 0 bridgehead atoms. The minimum atomic E-state index is -0.833. The van der Waals surface area contributed by atoms with Crippen molar-refractivity contribution in [3.05, 3.63) is 0 Å². The highest BCUT2D eigenvalue weighted by Gasteiger charge is 1.65. The number of halogens is 1. The standard InChI is InChI=1S/C2H4O2.BrH.H2O/c1-2(3)4;;/h1H3,(H,3,4);1H;1H2. The summed E-state index contributed by atoms with van der Waals surface area (Å²) < 4.78 is 0. The van der Waals surface area contributed by atoms with Crippen molar-refractivity contribution in [2.45, 2.75) is 6.92 Å². The second kappa shape index (κ2) is 8.86. The van der Waals surface area contributed by atoms with E-state index in [1.165, 1.54) is 0 Å². The highest BCUT2D eigenvalue weighted by atomic mass is 79.9. The summed E-state index contributed by atoms with van der Waals surface area (Å²) in [6.07, 6.45) is 0. The van der Waals surface area contributed by atoms with Crippen LogP contribution in [0.15, 0.2) is 0 Å². The fraction of sp³-hybridized carbons (Fsp3) is 0.500. The number of aliphatic carboxylic acids is 1. The predicted octanol–water partition coefficient (Wildman–Crippen LogP) is -0.156. The molecule has 0 fully saturated rings. The van der Waals surface area contributed by atoms with E-state index >= 15 is 0 Å². The molecule has 0 aliphatic carbocycles. The second-order valence-electron chi connectivity index (χ2n) is 0.519. The van der Waals surface area contributed by atoms with E-state index in [0.29, 0.717) is 0 Å². The molecule has 0 rings (SSSR count). The maximum absolute atomic E-state index is 9.00. The van der Waals surface area contributed by atoms with Crippen LogP contribution >= 0.6 is 17.0 Å². The van der Waals surface area contributed by atoms with E-state index in [-0.39, 0.29) is 22.5 Å². The molecule has 4 heteroatoms. The number of rotatable bonds is 0. The van der Waals surface area contributed by atoms with Gasteiger partial charge in [0.15, 0.2) is 0 Å². The molecule has 0 saturated carbocycles. The third-order valence-electron chi connectivity index (χ3n) is 0. The first-order valence-corrected chi connectivity index (χ1v) is 0.928. The normalized spacial score (nSPS) is 4.17. The van der Waals surface area contributed by atoms with Crippen molar-refractivity contribution in [3.8, 4) is 0 Å². The Morgan fingerprint density at radius 2 is 1.67 bits per heavy atom. The molecule has 0 heterocycles. The third-order valence-corrected chi connectivity index (χ3v) is 0. The maximum Gasteiger partial charge on any atom is 0.300 e. The molecule has 0 unspecified atom stereocenters. The van der Waals surface area contributed by atoms with Crippen molar-refractivity contribution in [2.24, 2.45) is 0 Å². The summed E-state index contributed by atoms with van der Waals surface area (Å²) in [5.74, 6) is -0.833. The Morgan fingerprint density at radius 1 is 1.67 bits per heavy atom. The second-order valence-corrected chi connectivity index (χ2v) is 0.519. The van der Waals surface area contributed by atoms with Crippen LogP contribution in [0.25, 0.3) is 0 Å². The Labute approximate surface area is 46.1 Å². The first-order chi connectivity index (χ1) is 1.73. The molecule has 0 aliphatic rings. The molecule has 0 aromatic carbocycles. The number of hydrogen-bond acceptors (Lipinski definition) is 1. The highest BCUT2D eigenvalue weighted by Crippen LogP contribution is 1.42. The maximum atomic E-state index is 9.00. The zero-order valence-electron chi connectivity index (χ0n) is 3.26. The van der Waals surface area contributed by atoms with Gasteiger partial charge in [-0.3, -0.25) is 4.79 Å². The number of carboxylic acids is 1. The van der Waals surface area contributed by atoms with Crippen LogP contribution < -0.4 is 0 Å². The summed E-state index contributed by atoms with van der Waals surface area (Å²) in [5.41, 5.74) is 0. The van der Waals surface area contributed by atoms with Gasteiger partial charge in [0.1, 0.15) is 0 Å². The third kappa shape index (κ3) is 4090. The van der Waals surface area contributed by atoms with E-state index in [1.807, 2.05) is 0 Å². The molecule has 0 atom stereocenters. The average molecular weight is 159 g/mol. The van der Waals surface area contributed by atoms with E-state index in [0.717, 1.165) is 6.92 Å². The molecule has 6 heavy (non-hydrogen) atoms. The van der Waals surface area contributed by atoms with Crippen LogP contribution in [0.5, 0.6) is 0 Å². The molecular formula is C2H7BrO3. The largest absolute Gasteiger partial charge is 0.481 e. The van der Waals surface area contributed by atoms with E-state index in [1.54, 1.807) is 0 Å². The van der Waals surface area contributed by atoms with Crippen molar-refractivity contribution in [2.75, 3.05) is 0 Å². The lowest BCUT2D eigenvalue weighted by atomic mass is 10.9. The van der Waals surface area contributed by atoms with Gasteiger partial charge in [-0.15, -0.1) is 17.0 Å². The van der Waals surface area contributed by atoms with Crippen LogP contribution in [0.3, 0.4) is 0 Å². The van der Waals surface area contributed by atoms with Crippen molar-refractivity contribution in [1.29, 1.82) is 0 Å². The lowest BCUT2D eigenvalue weighted by molar-refractivity contribution is -0.134. The monoisotopic (exact) mass is 158 g/mol. The van der Waals surface area contributed by atoms with Gasteiger partial charge in [-0.25, -0.2) is 0 Å². The molecule has 0 aromatic heterocycles. The van der Waals surface area contributed by atoms with Crippen molar-refractivity contribution in [1.82, 2.24) is 0 Å². The van der Waals surface area contributed by atoms with Crippen molar-refractivity contribution >= 4 is 23.0 Å². The number of hydrogen-bond donors (Lipinski definition) is 1. The van der Waals surface area contributed by atoms with Crippen LogP contribution in [-0.2, 0) is 4.79 Å². The van der Waals surface area contributed by atoms with E-state index in [4.69, 9.17) is 9.90 Å². The highest BCUT2D eigenvalue weighted by molar-refractivity contribution is 8.93. The van der Waals surface area contributed by atoms with Crippen molar-refractivity contribution < 1.29 is 15.4 Å². The van der Waals surface area contributed by atoms with Crippen LogP contribution in [0.1, 0.15) is 6.92 Å². The van der Waals surface area contributed by atoms with Crippen LogP contribution in [-0.4, -0.2) is 16.6 Å². The SMILES string of the molecule is Br.CC(=O)O.O. The quantitative estimate of drug-likeness (QED) is 0.533. The summed E-state index contributed by atoms with van der Waals surface area (Å²) in [6, 6.07) is 0. The van der Waals surface area contributed by atoms with Crippen LogP contribution in [0, 0.1) is 0 Å². The fourth-order valence-corrected chi connectivity index (χ4v) is 0. The summed E-state index contributed by atoms with van der Waals surface area (Å²) in [5, 5.41) is 7.42. The van der Waals surface area contributed by atoms with Gasteiger partial charge in [0, 0.05) is 6.92 Å². The van der Waals surface area contributed by atoms with Gasteiger partial charge in [-0.1, -0.05) is 0 Å². The van der Waals surface area contributed by atoms with Crippen molar-refractivity contribution in [3.63, 3.8) is 0 Å². The summed E-state index contributed by atoms with van der Waals surface area (Å²) >= 11 is 0. The smallest absolute Gasteiger partial charge is 0.300 e. The molecule has 0 amide bonds. The zero-order valence-corrected chi connectivity index (χ0v) is 4.98. The summed E-state index contributed by atoms with van der Waals surface area (Å²) in [4.78, 5) is 9.00. The molecule has 0 saturated heterocycles. The fourth-order valence-electron chi connectivity index (χ4n) is 0. The number of carbonyl (C=O) groups is 1. The lowest BCUT2D eigenvalue weighted by Crippen LogP contribution is -1.78. The average Bonchev–Trinajstić information content (AvgIpc) is 0.811. The van der Waals surface area contributed by atoms with Gasteiger partial charge >= 0.3 is 0 Å². The Bertz CT molecular complexity index is 31.8. The first kappa shape index (κ1) is 16.8. The Balaban J connectivity index is -0.0000000450. The predicted molar refractivity (Wildman–Crippen MR) is 27.2 cm³/mol. The van der Waals surface area contributed by atoms with E-state index < -0.39 is 5.97 Å². The summed E-state index contributed by atoms with van der Waals surface area (Å²) in [7, 11) is 0. The summed E-state index contributed by atoms with van der Waals surface area (Å²) in [6.45, 7) is 1.08. The molecule has 3 nitrogen and oxygen atoms in total. The molecule has 0 aromatic rings. The topological polar surface area (TPSA) is 68.8 Å². The molecule has 3 N–H and O–H groups in total. The minimum absolute atomic E-state index is 0. The lowest BCUT2D eigenvalue weighted by Gasteiger charge is -1.59. The Morgan fingerprint density at radius 3 is 1.67 bits per heavy atom. The molecule has 0 spiro atoms. The van der Waals surface area contributed by atoms with E-state index in [2.05, 4.69) is 0 Å². The van der Waals surface area contributed by atoms with Crippen LogP contribution in [0.2, 0.25) is 0 Å². The minimum Gasteiger partial charge on any atom is -0.481 e.